The first-order valence-corrected chi connectivity index (χ1v) is 20.6. The van der Waals surface area contributed by atoms with Crippen molar-refractivity contribution in [1.29, 1.82) is 0 Å². The third kappa shape index (κ3) is 5.96. The Kier molecular flexibility index (Phi) is 8.13. The van der Waals surface area contributed by atoms with Crippen LogP contribution in [-0.4, -0.2) is 15.0 Å². The Morgan fingerprint density at radius 2 is 0.787 bits per heavy atom. The molecule has 0 unspecified atom stereocenters. The Labute approximate surface area is 352 Å². The number of hydrogen-bond acceptors (Lipinski definition) is 4. The second-order valence-corrected chi connectivity index (χ2v) is 15.5. The monoisotopic (exact) mass is 777 g/mol. The summed E-state index contributed by atoms with van der Waals surface area (Å²) in [5.74, 6) is 0.695. The van der Waals surface area contributed by atoms with Crippen molar-refractivity contribution in [2.45, 2.75) is 0 Å². The van der Waals surface area contributed by atoms with E-state index in [4.69, 9.17) is 19.4 Å². The van der Waals surface area contributed by atoms with Crippen molar-refractivity contribution in [1.82, 2.24) is 15.0 Å². The summed E-state index contributed by atoms with van der Waals surface area (Å²) >= 11 is 0. The zero-order valence-electron chi connectivity index (χ0n) is 33.0. The third-order valence-electron chi connectivity index (χ3n) is 11.9. The molecular weight excluding hydrogens is 743 g/mol. The predicted octanol–water partition coefficient (Wildman–Crippen LogP) is 15.2. The Hall–Kier alpha value is -8.21. The van der Waals surface area contributed by atoms with E-state index in [1.54, 1.807) is 0 Å². The van der Waals surface area contributed by atoms with Crippen molar-refractivity contribution in [3.8, 4) is 67.3 Å². The first kappa shape index (κ1) is 34.8. The molecule has 0 N–H and O–H groups in total. The van der Waals surface area contributed by atoms with Gasteiger partial charge in [-0.3, -0.25) is 0 Å². The van der Waals surface area contributed by atoms with Gasteiger partial charge in [0.05, 0.1) is 22.4 Å². The lowest BCUT2D eigenvalue weighted by molar-refractivity contribution is 0.669. The van der Waals surface area contributed by atoms with Crippen molar-refractivity contribution >= 4 is 54.5 Å². The zero-order valence-corrected chi connectivity index (χ0v) is 33.0. The highest BCUT2D eigenvalue weighted by Gasteiger charge is 2.22. The van der Waals surface area contributed by atoms with Crippen LogP contribution in [0.1, 0.15) is 0 Å². The van der Waals surface area contributed by atoms with E-state index in [0.29, 0.717) is 5.82 Å². The molecule has 9 aromatic carbocycles. The lowest BCUT2D eigenvalue weighted by atomic mass is 9.88. The number of fused-ring (bicyclic) bond motifs is 7. The lowest BCUT2D eigenvalue weighted by Gasteiger charge is -2.16. The summed E-state index contributed by atoms with van der Waals surface area (Å²) in [5.41, 5.74) is 15.3. The standard InChI is InChI=1S/C57H35N3O/c1-3-14-36(15-4-1)37-26-30-40(31-27-37)55-45-21-8-11-24-49(45)59-57(60-55)41-32-28-38(29-33-41)42-18-13-19-43(34-42)52-53-44-20-7-10-23-48(44)58-56(39-16-5-2-6-17-39)47(53)35-51-54(52)46-22-9-12-25-50(46)61-51/h1-35H. The van der Waals surface area contributed by atoms with Crippen molar-refractivity contribution < 1.29 is 4.42 Å². The summed E-state index contributed by atoms with van der Waals surface area (Å²) in [6, 6.07) is 74.4. The fourth-order valence-electron chi connectivity index (χ4n) is 8.96. The third-order valence-corrected chi connectivity index (χ3v) is 11.9. The fourth-order valence-corrected chi connectivity index (χ4v) is 8.96. The maximum absolute atomic E-state index is 6.64. The van der Waals surface area contributed by atoms with Crippen LogP contribution in [0.25, 0.3) is 122 Å². The van der Waals surface area contributed by atoms with Crippen molar-refractivity contribution in [2.24, 2.45) is 0 Å². The van der Waals surface area contributed by atoms with E-state index < -0.39 is 0 Å². The molecule has 0 radical (unpaired) electrons. The highest BCUT2D eigenvalue weighted by molar-refractivity contribution is 6.27. The molecule has 0 aliphatic heterocycles. The van der Waals surface area contributed by atoms with Gasteiger partial charge in [0, 0.05) is 54.6 Å². The summed E-state index contributed by atoms with van der Waals surface area (Å²) in [7, 11) is 0. The second-order valence-electron chi connectivity index (χ2n) is 15.5. The summed E-state index contributed by atoms with van der Waals surface area (Å²) in [5, 5.41) is 6.55. The molecule has 12 rings (SSSR count). The van der Waals surface area contributed by atoms with Crippen LogP contribution in [0, 0.1) is 0 Å². The van der Waals surface area contributed by atoms with Crippen LogP contribution in [-0.2, 0) is 0 Å². The van der Waals surface area contributed by atoms with Crippen LogP contribution in [0.2, 0.25) is 0 Å². The number of rotatable bonds is 6. The van der Waals surface area contributed by atoms with E-state index in [1.165, 1.54) is 11.1 Å². The normalized spacial score (nSPS) is 11.6. The van der Waals surface area contributed by atoms with E-state index in [0.717, 1.165) is 105 Å². The quantitative estimate of drug-likeness (QED) is 0.158. The fraction of sp³-hybridized carbons (Fsp3) is 0. The molecule has 3 heterocycles. The highest BCUT2D eigenvalue weighted by atomic mass is 16.3. The summed E-state index contributed by atoms with van der Waals surface area (Å²) in [6.07, 6.45) is 0. The first-order valence-electron chi connectivity index (χ1n) is 20.6. The van der Waals surface area contributed by atoms with Gasteiger partial charge in [0.15, 0.2) is 5.82 Å². The van der Waals surface area contributed by atoms with E-state index in [1.807, 2.05) is 24.3 Å². The van der Waals surface area contributed by atoms with Gasteiger partial charge in [-0.05, 0) is 58.1 Å². The minimum atomic E-state index is 0.695. The van der Waals surface area contributed by atoms with E-state index in [2.05, 4.69) is 188 Å². The molecule has 0 amide bonds. The van der Waals surface area contributed by atoms with Gasteiger partial charge in [0.2, 0.25) is 0 Å². The maximum Gasteiger partial charge on any atom is 0.160 e. The summed E-state index contributed by atoms with van der Waals surface area (Å²) < 4.78 is 6.64. The molecule has 4 heteroatoms. The molecule has 284 valence electrons. The average molecular weight is 778 g/mol. The second kappa shape index (κ2) is 14.3. The average Bonchev–Trinajstić information content (AvgIpc) is 3.71. The summed E-state index contributed by atoms with van der Waals surface area (Å²) in [4.78, 5) is 15.5. The van der Waals surface area contributed by atoms with Crippen LogP contribution in [0.4, 0.5) is 0 Å². The number of furan rings is 1. The van der Waals surface area contributed by atoms with Crippen LogP contribution >= 0.6 is 0 Å². The molecule has 0 spiro atoms. The number of nitrogens with zero attached hydrogens (tertiary/aromatic N) is 3. The molecule has 12 aromatic rings. The van der Waals surface area contributed by atoms with Gasteiger partial charge in [0.1, 0.15) is 11.2 Å². The van der Waals surface area contributed by atoms with Gasteiger partial charge in [-0.15, -0.1) is 0 Å². The molecule has 0 saturated heterocycles. The number of pyridine rings is 1. The smallest absolute Gasteiger partial charge is 0.160 e. The Balaban J connectivity index is 0.992. The molecule has 3 aromatic heterocycles. The van der Waals surface area contributed by atoms with Crippen LogP contribution in [0.5, 0.6) is 0 Å². The minimum Gasteiger partial charge on any atom is -0.456 e. The Morgan fingerprint density at radius 3 is 1.54 bits per heavy atom. The molecule has 0 bridgehead atoms. The van der Waals surface area contributed by atoms with Crippen molar-refractivity contribution in [2.75, 3.05) is 0 Å². The van der Waals surface area contributed by atoms with E-state index in [9.17, 15) is 0 Å². The van der Waals surface area contributed by atoms with Crippen LogP contribution in [0.3, 0.4) is 0 Å². The predicted molar refractivity (Wildman–Crippen MR) is 252 cm³/mol. The van der Waals surface area contributed by atoms with Crippen LogP contribution < -0.4 is 0 Å². The molecule has 4 nitrogen and oxygen atoms in total. The molecule has 0 saturated carbocycles. The van der Waals surface area contributed by atoms with Gasteiger partial charge < -0.3 is 4.42 Å². The largest absolute Gasteiger partial charge is 0.456 e. The molecule has 61 heavy (non-hydrogen) atoms. The van der Waals surface area contributed by atoms with E-state index in [-0.39, 0.29) is 0 Å². The van der Waals surface area contributed by atoms with Gasteiger partial charge in [-0.1, -0.05) is 182 Å². The number of hydrogen-bond donors (Lipinski definition) is 0. The summed E-state index contributed by atoms with van der Waals surface area (Å²) in [6.45, 7) is 0. The van der Waals surface area contributed by atoms with Gasteiger partial charge in [-0.25, -0.2) is 15.0 Å². The Morgan fingerprint density at radius 1 is 0.279 bits per heavy atom. The molecule has 0 atom stereocenters. The Bertz CT molecular complexity index is 3610. The highest BCUT2D eigenvalue weighted by Crippen LogP contribution is 2.47. The van der Waals surface area contributed by atoms with Gasteiger partial charge in [-0.2, -0.15) is 0 Å². The topological polar surface area (TPSA) is 51.8 Å². The van der Waals surface area contributed by atoms with Gasteiger partial charge >= 0.3 is 0 Å². The van der Waals surface area contributed by atoms with Crippen molar-refractivity contribution in [3.05, 3.63) is 212 Å². The zero-order chi connectivity index (χ0) is 40.3. The number of aromatic nitrogens is 3. The number of benzene rings is 9. The lowest BCUT2D eigenvalue weighted by Crippen LogP contribution is -1.95. The van der Waals surface area contributed by atoms with Gasteiger partial charge in [0.25, 0.3) is 0 Å². The van der Waals surface area contributed by atoms with Crippen molar-refractivity contribution in [3.63, 3.8) is 0 Å². The van der Waals surface area contributed by atoms with Crippen LogP contribution in [0.15, 0.2) is 217 Å². The molecule has 0 aliphatic rings. The SMILES string of the molecule is c1ccc(-c2ccc(-c3nc(-c4ccc(-c5cccc(-c6c7c(cc8c(-c9ccccc9)nc9ccccc9c68)oc6ccccc67)c5)cc4)nc4ccccc34)cc2)cc1. The number of para-hydroxylation sites is 3. The molecule has 0 aliphatic carbocycles. The first-order chi connectivity index (χ1) is 30.2. The molecule has 0 fully saturated rings. The minimum absolute atomic E-state index is 0.695. The molecular formula is C57H35N3O. The van der Waals surface area contributed by atoms with E-state index >= 15 is 0 Å². The maximum atomic E-state index is 6.64.